The predicted octanol–water partition coefficient (Wildman–Crippen LogP) is 4.56. The Labute approximate surface area is 136 Å². The van der Waals surface area contributed by atoms with Gasteiger partial charge in [-0.25, -0.2) is 0 Å². The summed E-state index contributed by atoms with van der Waals surface area (Å²) in [6.07, 6.45) is 3.10. The van der Waals surface area contributed by atoms with Gasteiger partial charge < -0.3 is 10.1 Å². The van der Waals surface area contributed by atoms with Crippen molar-refractivity contribution in [3.8, 4) is 11.8 Å². The minimum Gasteiger partial charge on any atom is -0.492 e. The van der Waals surface area contributed by atoms with Gasteiger partial charge in [0.2, 0.25) is 0 Å². The van der Waals surface area contributed by atoms with E-state index in [2.05, 4.69) is 11.4 Å². The lowest BCUT2D eigenvalue weighted by atomic mass is 9.92. The molecule has 0 bridgehead atoms. The van der Waals surface area contributed by atoms with E-state index < -0.39 is 5.41 Å². The fraction of sp³-hybridized carbons (Fsp3) is 0.562. The number of rotatable bonds is 7. The van der Waals surface area contributed by atoms with E-state index >= 15 is 0 Å². The first-order valence-corrected chi connectivity index (χ1v) is 7.92. The Morgan fingerprint density at radius 3 is 2.71 bits per heavy atom. The quantitative estimate of drug-likeness (QED) is 0.798. The van der Waals surface area contributed by atoms with E-state index in [-0.39, 0.29) is 0 Å². The van der Waals surface area contributed by atoms with Gasteiger partial charge in [0.1, 0.15) is 5.75 Å². The average Bonchev–Trinajstić information content (AvgIpc) is 3.23. The van der Waals surface area contributed by atoms with Crippen LogP contribution in [-0.2, 0) is 6.54 Å². The number of nitriles is 1. The smallest absolute Gasteiger partial charge is 0.142 e. The number of hydrogen-bond donors (Lipinski definition) is 1. The molecule has 0 aliphatic heterocycles. The van der Waals surface area contributed by atoms with Gasteiger partial charge in [0.05, 0.1) is 23.1 Å². The second-order valence-electron chi connectivity index (χ2n) is 6.13. The van der Waals surface area contributed by atoms with Crippen molar-refractivity contribution in [3.63, 3.8) is 0 Å². The van der Waals surface area contributed by atoms with E-state index in [0.29, 0.717) is 41.4 Å². The Balaban J connectivity index is 2.03. The van der Waals surface area contributed by atoms with Crippen LogP contribution in [0, 0.1) is 16.7 Å². The Hall–Kier alpha value is -0.950. The molecule has 21 heavy (non-hydrogen) atoms. The van der Waals surface area contributed by atoms with Crippen LogP contribution in [0.4, 0.5) is 0 Å². The number of nitrogens with one attached hydrogen (secondary N) is 1. The summed E-state index contributed by atoms with van der Waals surface area (Å²) >= 11 is 12.3. The fourth-order valence-corrected chi connectivity index (χ4v) is 2.50. The fourth-order valence-electron chi connectivity index (χ4n) is 1.91. The lowest BCUT2D eigenvalue weighted by molar-refractivity contribution is 0.262. The molecule has 0 unspecified atom stereocenters. The highest BCUT2D eigenvalue weighted by molar-refractivity contribution is 6.35. The van der Waals surface area contributed by atoms with Crippen LogP contribution in [-0.4, -0.2) is 12.6 Å². The summed E-state index contributed by atoms with van der Waals surface area (Å²) in [4.78, 5) is 0. The molecule has 1 aliphatic carbocycles. The van der Waals surface area contributed by atoms with Crippen LogP contribution >= 0.6 is 23.2 Å². The largest absolute Gasteiger partial charge is 0.492 e. The minimum absolute atomic E-state index is 0.397. The van der Waals surface area contributed by atoms with Gasteiger partial charge in [-0.1, -0.05) is 23.2 Å². The lowest BCUT2D eigenvalue weighted by Gasteiger charge is -2.18. The molecule has 1 N–H and O–H groups in total. The molecule has 1 aromatic carbocycles. The SMILES string of the molecule is CC(C)(C#N)CCOc1c(Cl)cc(Cl)cc1CNC1CC1. The van der Waals surface area contributed by atoms with Gasteiger partial charge in [-0.05, 0) is 45.2 Å². The molecule has 0 saturated heterocycles. The zero-order chi connectivity index (χ0) is 15.5. The summed E-state index contributed by atoms with van der Waals surface area (Å²) in [5.74, 6) is 0.669. The number of benzene rings is 1. The first kappa shape index (κ1) is 16.4. The van der Waals surface area contributed by atoms with E-state index in [0.717, 1.165) is 5.56 Å². The molecule has 3 nitrogen and oxygen atoms in total. The van der Waals surface area contributed by atoms with Crippen molar-refractivity contribution in [1.82, 2.24) is 5.32 Å². The van der Waals surface area contributed by atoms with Crippen molar-refractivity contribution in [2.24, 2.45) is 5.41 Å². The molecule has 1 saturated carbocycles. The van der Waals surface area contributed by atoms with Gasteiger partial charge >= 0.3 is 0 Å². The molecule has 1 aromatic rings. The molecule has 0 atom stereocenters. The van der Waals surface area contributed by atoms with E-state index in [9.17, 15) is 0 Å². The summed E-state index contributed by atoms with van der Waals surface area (Å²) in [7, 11) is 0. The van der Waals surface area contributed by atoms with E-state index in [1.165, 1.54) is 12.8 Å². The second-order valence-corrected chi connectivity index (χ2v) is 6.97. The van der Waals surface area contributed by atoms with Crippen LogP contribution in [0.5, 0.6) is 5.75 Å². The van der Waals surface area contributed by atoms with Crippen LogP contribution in [0.25, 0.3) is 0 Å². The monoisotopic (exact) mass is 326 g/mol. The zero-order valence-corrected chi connectivity index (χ0v) is 13.9. The maximum absolute atomic E-state index is 9.03. The van der Waals surface area contributed by atoms with Crippen molar-refractivity contribution in [1.29, 1.82) is 5.26 Å². The molecule has 0 radical (unpaired) electrons. The molecule has 0 amide bonds. The van der Waals surface area contributed by atoms with E-state index in [1.807, 2.05) is 19.9 Å². The van der Waals surface area contributed by atoms with Gasteiger partial charge in [-0.2, -0.15) is 5.26 Å². The molecule has 1 fully saturated rings. The van der Waals surface area contributed by atoms with Crippen molar-refractivity contribution < 1.29 is 4.74 Å². The Morgan fingerprint density at radius 1 is 1.38 bits per heavy atom. The van der Waals surface area contributed by atoms with Crippen molar-refractivity contribution in [3.05, 3.63) is 27.7 Å². The van der Waals surface area contributed by atoms with Crippen LogP contribution < -0.4 is 10.1 Å². The Kier molecular flexibility index (Phi) is 5.37. The minimum atomic E-state index is -0.397. The zero-order valence-electron chi connectivity index (χ0n) is 12.4. The Morgan fingerprint density at radius 2 is 2.10 bits per heavy atom. The molecular weight excluding hydrogens is 307 g/mol. The number of ether oxygens (including phenoxy) is 1. The third-order valence-corrected chi connectivity index (χ3v) is 4.02. The summed E-state index contributed by atoms with van der Waals surface area (Å²) in [6, 6.07) is 6.44. The molecular formula is C16H20Cl2N2O. The number of halogens is 2. The Bertz CT molecular complexity index is 548. The first-order valence-electron chi connectivity index (χ1n) is 7.16. The maximum atomic E-state index is 9.03. The van der Waals surface area contributed by atoms with Gasteiger partial charge in [-0.15, -0.1) is 0 Å². The third kappa shape index (κ3) is 5.07. The average molecular weight is 327 g/mol. The first-order chi connectivity index (χ1) is 9.91. The highest BCUT2D eigenvalue weighted by Crippen LogP contribution is 2.34. The van der Waals surface area contributed by atoms with Crippen molar-refractivity contribution in [2.45, 2.75) is 45.7 Å². The van der Waals surface area contributed by atoms with Gasteiger partial charge in [0, 0.05) is 23.2 Å². The normalized spacial score (nSPS) is 14.8. The van der Waals surface area contributed by atoms with E-state index in [4.69, 9.17) is 33.2 Å². The van der Waals surface area contributed by atoms with Crippen LogP contribution in [0.15, 0.2) is 12.1 Å². The van der Waals surface area contributed by atoms with Gasteiger partial charge in [0.25, 0.3) is 0 Å². The van der Waals surface area contributed by atoms with Crippen LogP contribution in [0.3, 0.4) is 0 Å². The van der Waals surface area contributed by atoms with Crippen LogP contribution in [0.1, 0.15) is 38.7 Å². The number of hydrogen-bond acceptors (Lipinski definition) is 3. The molecule has 5 heteroatoms. The second kappa shape index (κ2) is 6.87. The molecule has 2 rings (SSSR count). The molecule has 0 heterocycles. The van der Waals surface area contributed by atoms with Crippen molar-refractivity contribution in [2.75, 3.05) is 6.61 Å². The lowest BCUT2D eigenvalue weighted by Crippen LogP contribution is -2.17. The molecule has 0 spiro atoms. The third-order valence-electron chi connectivity index (χ3n) is 3.52. The maximum Gasteiger partial charge on any atom is 0.142 e. The number of nitrogens with zero attached hydrogens (tertiary/aromatic N) is 1. The summed E-state index contributed by atoms with van der Waals surface area (Å²) < 4.78 is 5.83. The van der Waals surface area contributed by atoms with Crippen molar-refractivity contribution >= 4 is 23.2 Å². The topological polar surface area (TPSA) is 45.0 Å². The van der Waals surface area contributed by atoms with Gasteiger partial charge in [0.15, 0.2) is 0 Å². The molecule has 1 aliphatic rings. The standard InChI is InChI=1S/C16H20Cl2N2O/c1-16(2,10-19)5-6-21-15-11(9-20-13-3-4-13)7-12(17)8-14(15)18/h7-8,13,20H,3-6,9H2,1-2H3. The molecule has 114 valence electrons. The highest BCUT2D eigenvalue weighted by Gasteiger charge is 2.22. The summed E-state index contributed by atoms with van der Waals surface area (Å²) in [5.41, 5.74) is 0.569. The van der Waals surface area contributed by atoms with E-state index in [1.54, 1.807) is 6.07 Å². The summed E-state index contributed by atoms with van der Waals surface area (Å²) in [5, 5.41) is 13.6. The summed E-state index contributed by atoms with van der Waals surface area (Å²) in [6.45, 7) is 4.95. The predicted molar refractivity (Wildman–Crippen MR) is 85.8 cm³/mol. The highest BCUT2D eigenvalue weighted by atomic mass is 35.5. The molecule has 0 aromatic heterocycles. The van der Waals surface area contributed by atoms with Gasteiger partial charge in [-0.3, -0.25) is 0 Å². The van der Waals surface area contributed by atoms with Crippen LogP contribution in [0.2, 0.25) is 10.0 Å².